The van der Waals surface area contributed by atoms with Gasteiger partial charge in [-0.05, 0) is 19.3 Å². The van der Waals surface area contributed by atoms with Gasteiger partial charge in [0.15, 0.2) is 0 Å². The molecule has 0 aliphatic carbocycles. The monoisotopic (exact) mass is 255 g/mol. The molecule has 0 bridgehead atoms. The van der Waals surface area contributed by atoms with Crippen LogP contribution in [0.25, 0.3) is 0 Å². The number of hydrogen-bond donors (Lipinski definition) is 1. The highest BCUT2D eigenvalue weighted by atomic mass is 35.5. The molecule has 0 saturated carbocycles. The number of rotatable bonds is 6. The summed E-state index contributed by atoms with van der Waals surface area (Å²) in [4.78, 5) is 0. The molecule has 1 aliphatic heterocycles. The van der Waals surface area contributed by atoms with Crippen LogP contribution in [0.5, 0.6) is 0 Å². The molecule has 4 nitrogen and oxygen atoms in total. The van der Waals surface area contributed by atoms with E-state index in [1.54, 1.807) is 0 Å². The van der Waals surface area contributed by atoms with Crippen LogP contribution < -0.4 is 0 Å². The van der Waals surface area contributed by atoms with E-state index in [1.807, 2.05) is 6.92 Å². The maximum absolute atomic E-state index is 11.7. The third-order valence-corrected chi connectivity index (χ3v) is 4.90. The van der Waals surface area contributed by atoms with Gasteiger partial charge >= 0.3 is 0 Å². The summed E-state index contributed by atoms with van der Waals surface area (Å²) in [6, 6.07) is 0. The van der Waals surface area contributed by atoms with E-state index >= 15 is 0 Å². The van der Waals surface area contributed by atoms with Crippen LogP contribution in [0.15, 0.2) is 0 Å². The summed E-state index contributed by atoms with van der Waals surface area (Å²) in [6.45, 7) is 2.34. The van der Waals surface area contributed by atoms with Gasteiger partial charge in [0, 0.05) is 19.0 Å². The first-order valence-corrected chi connectivity index (χ1v) is 7.34. The summed E-state index contributed by atoms with van der Waals surface area (Å²) in [5, 5.41) is 9.70. The van der Waals surface area contributed by atoms with Crippen molar-refractivity contribution < 1.29 is 13.5 Å². The Bertz CT molecular complexity index is 298. The van der Waals surface area contributed by atoms with Crippen molar-refractivity contribution in [3.63, 3.8) is 0 Å². The zero-order valence-corrected chi connectivity index (χ0v) is 10.5. The number of aliphatic hydroxyl groups is 1. The van der Waals surface area contributed by atoms with Gasteiger partial charge in [-0.2, -0.15) is 4.31 Å². The Hall–Kier alpha value is 0.160. The lowest BCUT2D eigenvalue weighted by Gasteiger charge is -2.44. The molecule has 0 amide bonds. The van der Waals surface area contributed by atoms with Gasteiger partial charge in [0.1, 0.15) is 0 Å². The van der Waals surface area contributed by atoms with E-state index in [2.05, 4.69) is 0 Å². The highest BCUT2D eigenvalue weighted by Crippen LogP contribution is 2.27. The van der Waals surface area contributed by atoms with Crippen molar-refractivity contribution in [1.29, 1.82) is 0 Å². The van der Waals surface area contributed by atoms with Gasteiger partial charge in [0.05, 0.1) is 11.4 Å². The van der Waals surface area contributed by atoms with Crippen LogP contribution in [-0.2, 0) is 10.0 Å². The molecule has 0 aromatic rings. The van der Waals surface area contributed by atoms with Crippen LogP contribution >= 0.6 is 11.6 Å². The summed E-state index contributed by atoms with van der Waals surface area (Å²) < 4.78 is 24.7. The van der Waals surface area contributed by atoms with Gasteiger partial charge < -0.3 is 5.11 Å². The number of sulfonamides is 1. The molecule has 0 aromatic carbocycles. The quantitative estimate of drug-likeness (QED) is 0.564. The van der Waals surface area contributed by atoms with Crippen LogP contribution in [-0.4, -0.2) is 48.2 Å². The minimum atomic E-state index is -3.16. The van der Waals surface area contributed by atoms with E-state index < -0.39 is 15.6 Å². The third kappa shape index (κ3) is 3.31. The van der Waals surface area contributed by atoms with E-state index in [4.69, 9.17) is 11.6 Å². The lowest BCUT2D eigenvalue weighted by atomic mass is 9.94. The van der Waals surface area contributed by atoms with Crippen molar-refractivity contribution in [1.82, 2.24) is 4.31 Å². The van der Waals surface area contributed by atoms with Crippen LogP contribution in [0.1, 0.15) is 26.2 Å². The van der Waals surface area contributed by atoms with Crippen molar-refractivity contribution in [3.8, 4) is 0 Å². The van der Waals surface area contributed by atoms with Gasteiger partial charge in [-0.1, -0.05) is 6.92 Å². The fourth-order valence-electron chi connectivity index (χ4n) is 1.54. The summed E-state index contributed by atoms with van der Waals surface area (Å²) in [6.07, 6.45) is 1.90. The molecule has 6 heteroatoms. The fraction of sp³-hybridized carbons (Fsp3) is 1.00. The highest BCUT2D eigenvalue weighted by Gasteiger charge is 2.44. The smallest absolute Gasteiger partial charge is 0.214 e. The molecule has 1 aliphatic rings. The van der Waals surface area contributed by atoms with Crippen LogP contribution in [0.4, 0.5) is 0 Å². The van der Waals surface area contributed by atoms with Crippen molar-refractivity contribution in [3.05, 3.63) is 0 Å². The first-order valence-electron chi connectivity index (χ1n) is 5.20. The normalized spacial score (nSPS) is 21.3. The second-order valence-corrected chi connectivity index (χ2v) is 6.52. The van der Waals surface area contributed by atoms with Gasteiger partial charge in [0.2, 0.25) is 10.0 Å². The van der Waals surface area contributed by atoms with Crippen LogP contribution in [0, 0.1) is 0 Å². The zero-order valence-electron chi connectivity index (χ0n) is 8.95. The predicted molar refractivity (Wildman–Crippen MR) is 60.6 cm³/mol. The topological polar surface area (TPSA) is 57.6 Å². The molecule has 1 fully saturated rings. The second kappa shape index (κ2) is 4.99. The lowest BCUT2D eigenvalue weighted by molar-refractivity contribution is -0.0613. The fourth-order valence-corrected chi connectivity index (χ4v) is 3.43. The standard InChI is InChI=1S/C9H18ClNO3S/c1-2-9(12)7-11(8-9)15(13,14)6-4-3-5-10/h12H,2-8H2,1H3. The second-order valence-electron chi connectivity index (χ2n) is 4.06. The molecule has 1 rings (SSSR count). The molecule has 0 aromatic heterocycles. The van der Waals surface area contributed by atoms with Gasteiger partial charge in [-0.25, -0.2) is 8.42 Å². The van der Waals surface area contributed by atoms with Crippen LogP contribution in [0.2, 0.25) is 0 Å². The summed E-state index contributed by atoms with van der Waals surface area (Å²) in [5.41, 5.74) is -0.792. The molecule has 0 radical (unpaired) electrons. The summed E-state index contributed by atoms with van der Waals surface area (Å²) in [7, 11) is -3.16. The summed E-state index contributed by atoms with van der Waals surface area (Å²) >= 11 is 5.48. The first-order chi connectivity index (χ1) is 6.93. The van der Waals surface area contributed by atoms with E-state index in [1.165, 1.54) is 4.31 Å². The molecule has 90 valence electrons. The van der Waals surface area contributed by atoms with Crippen molar-refractivity contribution in [2.45, 2.75) is 31.8 Å². The molecule has 1 N–H and O–H groups in total. The highest BCUT2D eigenvalue weighted by molar-refractivity contribution is 7.89. The Morgan fingerprint density at radius 2 is 2.00 bits per heavy atom. The molecular formula is C9H18ClNO3S. The minimum absolute atomic E-state index is 0.138. The third-order valence-electron chi connectivity index (χ3n) is 2.78. The number of hydrogen-bond acceptors (Lipinski definition) is 3. The Balaban J connectivity index is 2.38. The molecule has 15 heavy (non-hydrogen) atoms. The maximum atomic E-state index is 11.7. The lowest BCUT2D eigenvalue weighted by Crippen LogP contribution is -2.63. The molecule has 1 saturated heterocycles. The average molecular weight is 256 g/mol. The summed E-state index contributed by atoms with van der Waals surface area (Å²) in [5.74, 6) is 0.633. The first kappa shape index (κ1) is 13.2. The van der Waals surface area contributed by atoms with E-state index in [9.17, 15) is 13.5 Å². The predicted octanol–water partition coefficient (Wildman–Crippen LogP) is 0.792. The Morgan fingerprint density at radius 1 is 1.40 bits per heavy atom. The number of halogens is 1. The van der Waals surface area contributed by atoms with E-state index in [-0.39, 0.29) is 18.8 Å². The van der Waals surface area contributed by atoms with Gasteiger partial charge in [0.25, 0.3) is 0 Å². The molecule has 0 atom stereocenters. The number of β-amino-alcohol motifs (C(OH)–C–C–N with tert-alkyl or cyclic N) is 1. The SMILES string of the molecule is CCC1(O)CN(S(=O)(=O)CCCCCl)C1. The van der Waals surface area contributed by atoms with Gasteiger partial charge in [-0.3, -0.25) is 0 Å². The largest absolute Gasteiger partial charge is 0.387 e. The number of unbranched alkanes of at least 4 members (excludes halogenated alkanes) is 1. The van der Waals surface area contributed by atoms with Gasteiger partial charge in [-0.15, -0.1) is 11.6 Å². The molecule has 0 unspecified atom stereocenters. The van der Waals surface area contributed by atoms with E-state index in [0.717, 1.165) is 0 Å². The molecule has 0 spiro atoms. The van der Waals surface area contributed by atoms with E-state index in [0.29, 0.717) is 25.1 Å². The van der Waals surface area contributed by atoms with Crippen LogP contribution in [0.3, 0.4) is 0 Å². The Kier molecular flexibility index (Phi) is 4.40. The number of nitrogens with zero attached hydrogens (tertiary/aromatic N) is 1. The Morgan fingerprint density at radius 3 is 2.47 bits per heavy atom. The zero-order chi connectivity index (χ0) is 11.5. The average Bonchev–Trinajstić information content (AvgIpc) is 2.13. The van der Waals surface area contributed by atoms with Crippen molar-refractivity contribution in [2.24, 2.45) is 0 Å². The minimum Gasteiger partial charge on any atom is -0.387 e. The van der Waals surface area contributed by atoms with Crippen molar-refractivity contribution >= 4 is 21.6 Å². The van der Waals surface area contributed by atoms with Crippen molar-refractivity contribution in [2.75, 3.05) is 24.7 Å². The molecular weight excluding hydrogens is 238 g/mol. The molecule has 1 heterocycles. The Labute approximate surface area is 96.3 Å². The maximum Gasteiger partial charge on any atom is 0.214 e. The number of alkyl halides is 1.